The molecule has 3 nitrogen and oxygen atoms in total. The SMILES string of the molecule is Cc1ccc(Cl)c(Nc2nccn2C2CC2)c1. The Labute approximate surface area is 105 Å². The molecule has 4 heteroatoms. The van der Waals surface area contributed by atoms with E-state index in [-0.39, 0.29) is 0 Å². The van der Waals surface area contributed by atoms with Crippen LogP contribution < -0.4 is 5.32 Å². The van der Waals surface area contributed by atoms with Crippen molar-refractivity contribution in [2.24, 2.45) is 0 Å². The summed E-state index contributed by atoms with van der Waals surface area (Å²) in [5.74, 6) is 0.875. The summed E-state index contributed by atoms with van der Waals surface area (Å²) in [4.78, 5) is 4.34. The Morgan fingerprint density at radius 1 is 1.41 bits per heavy atom. The van der Waals surface area contributed by atoms with Crippen molar-refractivity contribution >= 4 is 23.2 Å². The molecular weight excluding hydrogens is 234 g/mol. The lowest BCUT2D eigenvalue weighted by Crippen LogP contribution is -2.01. The van der Waals surface area contributed by atoms with Gasteiger partial charge in [-0.15, -0.1) is 0 Å². The van der Waals surface area contributed by atoms with Gasteiger partial charge in [-0.05, 0) is 37.5 Å². The van der Waals surface area contributed by atoms with Gasteiger partial charge in [-0.2, -0.15) is 0 Å². The fourth-order valence-electron chi connectivity index (χ4n) is 1.91. The van der Waals surface area contributed by atoms with E-state index in [1.54, 1.807) is 0 Å². The van der Waals surface area contributed by atoms with E-state index >= 15 is 0 Å². The van der Waals surface area contributed by atoms with Crippen LogP contribution in [0.15, 0.2) is 30.6 Å². The van der Waals surface area contributed by atoms with E-state index in [9.17, 15) is 0 Å². The van der Waals surface area contributed by atoms with Crippen molar-refractivity contribution < 1.29 is 0 Å². The fraction of sp³-hybridized carbons (Fsp3) is 0.308. The molecule has 0 bridgehead atoms. The zero-order valence-electron chi connectivity index (χ0n) is 9.65. The molecule has 0 radical (unpaired) electrons. The number of hydrogen-bond donors (Lipinski definition) is 1. The molecule has 3 rings (SSSR count). The van der Waals surface area contributed by atoms with Crippen molar-refractivity contribution in [3.05, 3.63) is 41.2 Å². The lowest BCUT2D eigenvalue weighted by Gasteiger charge is -2.10. The summed E-state index contributed by atoms with van der Waals surface area (Å²) < 4.78 is 2.18. The van der Waals surface area contributed by atoms with Crippen molar-refractivity contribution in [1.82, 2.24) is 9.55 Å². The van der Waals surface area contributed by atoms with Gasteiger partial charge < -0.3 is 9.88 Å². The molecule has 0 aliphatic heterocycles. The van der Waals surface area contributed by atoms with Gasteiger partial charge in [0.25, 0.3) is 0 Å². The predicted octanol–water partition coefficient (Wildman–Crippen LogP) is 3.92. The minimum absolute atomic E-state index is 0.614. The Morgan fingerprint density at radius 3 is 3.00 bits per heavy atom. The van der Waals surface area contributed by atoms with E-state index in [1.165, 1.54) is 18.4 Å². The second-order valence-corrected chi connectivity index (χ2v) is 4.90. The standard InChI is InChI=1S/C13H14ClN3/c1-9-2-5-11(14)12(8-9)16-13-15-6-7-17(13)10-3-4-10/h2,5-8,10H,3-4H2,1H3,(H,15,16). The summed E-state index contributed by atoms with van der Waals surface area (Å²) in [7, 11) is 0. The highest BCUT2D eigenvalue weighted by molar-refractivity contribution is 6.33. The van der Waals surface area contributed by atoms with Gasteiger partial charge >= 0.3 is 0 Å². The van der Waals surface area contributed by atoms with Gasteiger partial charge in [0.05, 0.1) is 10.7 Å². The molecule has 0 atom stereocenters. The molecule has 1 heterocycles. The summed E-state index contributed by atoms with van der Waals surface area (Å²) in [5.41, 5.74) is 2.10. The zero-order valence-corrected chi connectivity index (χ0v) is 10.4. The predicted molar refractivity (Wildman–Crippen MR) is 70.0 cm³/mol. The molecule has 1 N–H and O–H groups in total. The van der Waals surface area contributed by atoms with Gasteiger partial charge in [-0.25, -0.2) is 4.98 Å². The van der Waals surface area contributed by atoms with Crippen molar-refractivity contribution in [3.63, 3.8) is 0 Å². The zero-order chi connectivity index (χ0) is 11.8. The van der Waals surface area contributed by atoms with Crippen molar-refractivity contribution in [2.75, 3.05) is 5.32 Å². The third-order valence-electron chi connectivity index (χ3n) is 2.98. The first-order valence-corrected chi connectivity index (χ1v) is 6.18. The molecule has 1 aromatic carbocycles. The van der Waals surface area contributed by atoms with Crippen LogP contribution in [0.2, 0.25) is 5.02 Å². The molecular formula is C13H14ClN3. The first kappa shape index (κ1) is 10.7. The van der Waals surface area contributed by atoms with Gasteiger partial charge in [-0.1, -0.05) is 17.7 Å². The van der Waals surface area contributed by atoms with Crippen LogP contribution >= 0.6 is 11.6 Å². The summed E-state index contributed by atoms with van der Waals surface area (Å²) >= 11 is 6.16. The number of anilines is 2. The average Bonchev–Trinajstić information content (AvgIpc) is 3.05. The Balaban J connectivity index is 1.90. The first-order chi connectivity index (χ1) is 8.24. The van der Waals surface area contributed by atoms with E-state index in [1.807, 2.05) is 30.6 Å². The van der Waals surface area contributed by atoms with Crippen molar-refractivity contribution in [3.8, 4) is 0 Å². The summed E-state index contributed by atoms with van der Waals surface area (Å²) in [6, 6.07) is 6.56. The van der Waals surface area contributed by atoms with E-state index in [0.717, 1.165) is 16.7 Å². The molecule has 1 aliphatic rings. The van der Waals surface area contributed by atoms with E-state index in [4.69, 9.17) is 11.6 Å². The molecule has 0 saturated heterocycles. The quantitative estimate of drug-likeness (QED) is 0.891. The minimum Gasteiger partial charge on any atom is -0.324 e. The normalized spacial score (nSPS) is 14.9. The topological polar surface area (TPSA) is 29.9 Å². The van der Waals surface area contributed by atoms with Gasteiger partial charge in [0.2, 0.25) is 5.95 Å². The number of hydrogen-bond acceptors (Lipinski definition) is 2. The molecule has 88 valence electrons. The molecule has 1 fully saturated rings. The molecule has 1 aromatic heterocycles. The third kappa shape index (κ3) is 2.15. The number of aryl methyl sites for hydroxylation is 1. The number of nitrogens with one attached hydrogen (secondary N) is 1. The average molecular weight is 248 g/mol. The van der Waals surface area contributed by atoms with Crippen LogP contribution in [-0.4, -0.2) is 9.55 Å². The van der Waals surface area contributed by atoms with Crippen LogP contribution in [-0.2, 0) is 0 Å². The molecule has 0 spiro atoms. The van der Waals surface area contributed by atoms with Crippen LogP contribution in [0.25, 0.3) is 0 Å². The maximum absolute atomic E-state index is 6.16. The van der Waals surface area contributed by atoms with Crippen LogP contribution in [0.3, 0.4) is 0 Å². The van der Waals surface area contributed by atoms with Gasteiger partial charge in [0.1, 0.15) is 0 Å². The maximum Gasteiger partial charge on any atom is 0.207 e. The summed E-state index contributed by atoms with van der Waals surface area (Å²) in [6.45, 7) is 2.05. The minimum atomic E-state index is 0.614. The third-order valence-corrected chi connectivity index (χ3v) is 3.31. The van der Waals surface area contributed by atoms with E-state index in [0.29, 0.717) is 6.04 Å². The molecule has 1 saturated carbocycles. The fourth-order valence-corrected chi connectivity index (χ4v) is 2.08. The second kappa shape index (κ2) is 4.08. The number of aromatic nitrogens is 2. The summed E-state index contributed by atoms with van der Waals surface area (Å²) in [6.07, 6.45) is 6.33. The summed E-state index contributed by atoms with van der Waals surface area (Å²) in [5, 5.41) is 4.03. The highest BCUT2D eigenvalue weighted by Crippen LogP contribution is 2.37. The van der Waals surface area contributed by atoms with Gasteiger partial charge in [0, 0.05) is 18.4 Å². The van der Waals surface area contributed by atoms with E-state index < -0.39 is 0 Å². The van der Waals surface area contributed by atoms with Gasteiger partial charge in [0.15, 0.2) is 0 Å². The molecule has 17 heavy (non-hydrogen) atoms. The van der Waals surface area contributed by atoms with Crippen LogP contribution in [0.4, 0.5) is 11.6 Å². The number of nitrogens with zero attached hydrogens (tertiary/aromatic N) is 2. The van der Waals surface area contributed by atoms with Crippen LogP contribution in [0.1, 0.15) is 24.4 Å². The van der Waals surface area contributed by atoms with Crippen LogP contribution in [0.5, 0.6) is 0 Å². The Kier molecular flexibility index (Phi) is 2.56. The lowest BCUT2D eigenvalue weighted by molar-refractivity contribution is 0.751. The molecule has 1 aliphatic carbocycles. The van der Waals surface area contributed by atoms with E-state index in [2.05, 4.69) is 21.8 Å². The molecule has 2 aromatic rings. The smallest absolute Gasteiger partial charge is 0.207 e. The largest absolute Gasteiger partial charge is 0.324 e. The monoisotopic (exact) mass is 247 g/mol. The molecule has 0 unspecified atom stereocenters. The molecule has 0 amide bonds. The highest BCUT2D eigenvalue weighted by atomic mass is 35.5. The van der Waals surface area contributed by atoms with Crippen molar-refractivity contribution in [2.45, 2.75) is 25.8 Å². The number of benzene rings is 1. The Hall–Kier alpha value is -1.48. The number of rotatable bonds is 3. The Morgan fingerprint density at radius 2 is 2.24 bits per heavy atom. The highest BCUT2D eigenvalue weighted by Gasteiger charge is 2.25. The van der Waals surface area contributed by atoms with Gasteiger partial charge in [-0.3, -0.25) is 0 Å². The second-order valence-electron chi connectivity index (χ2n) is 4.50. The maximum atomic E-state index is 6.16. The van der Waals surface area contributed by atoms with Crippen molar-refractivity contribution in [1.29, 1.82) is 0 Å². The van der Waals surface area contributed by atoms with Crippen LogP contribution in [0, 0.1) is 6.92 Å². The lowest BCUT2D eigenvalue weighted by atomic mass is 10.2. The Bertz CT molecular complexity index is 543. The first-order valence-electron chi connectivity index (χ1n) is 5.80. The number of halogens is 1. The number of imidazole rings is 1.